The van der Waals surface area contributed by atoms with Crippen LogP contribution in [0.4, 0.5) is 0 Å². The first-order valence-corrected chi connectivity index (χ1v) is 11.6. The van der Waals surface area contributed by atoms with Gasteiger partial charge < -0.3 is 4.90 Å². The summed E-state index contributed by atoms with van der Waals surface area (Å²) in [5, 5.41) is 0.654. The molecule has 5 nitrogen and oxygen atoms in total. The van der Waals surface area contributed by atoms with Gasteiger partial charge in [-0.25, -0.2) is 4.98 Å². The number of rotatable bonds is 6. The fraction of sp³-hybridized carbons (Fsp3) is 0.348. The van der Waals surface area contributed by atoms with Crippen LogP contribution >= 0.6 is 27.7 Å². The van der Waals surface area contributed by atoms with Gasteiger partial charge in [0.15, 0.2) is 5.16 Å². The van der Waals surface area contributed by atoms with Crippen LogP contribution < -0.4 is 5.56 Å². The molecule has 0 N–H and O–H groups in total. The van der Waals surface area contributed by atoms with Gasteiger partial charge in [0, 0.05) is 16.6 Å². The molecule has 0 saturated carbocycles. The molecule has 0 radical (unpaired) electrons. The number of nitrogens with zero attached hydrogens (tertiary/aromatic N) is 3. The van der Waals surface area contributed by atoms with Crippen molar-refractivity contribution in [1.82, 2.24) is 14.5 Å². The first kappa shape index (κ1) is 22.6. The Morgan fingerprint density at radius 2 is 1.67 bits per heavy atom. The van der Waals surface area contributed by atoms with Gasteiger partial charge in [0.2, 0.25) is 5.91 Å². The molecule has 1 aromatic heterocycles. The Hall–Kier alpha value is -2.12. The van der Waals surface area contributed by atoms with Gasteiger partial charge in [-0.05, 0) is 65.0 Å². The summed E-state index contributed by atoms with van der Waals surface area (Å²) in [7, 11) is 0. The number of aromatic nitrogens is 2. The number of thioether (sulfide) groups is 1. The van der Waals surface area contributed by atoms with Gasteiger partial charge in [0.25, 0.3) is 5.56 Å². The first-order chi connectivity index (χ1) is 14.2. The van der Waals surface area contributed by atoms with Crippen molar-refractivity contribution in [3.8, 4) is 5.69 Å². The summed E-state index contributed by atoms with van der Waals surface area (Å²) >= 11 is 4.76. The molecule has 0 unspecified atom stereocenters. The maximum absolute atomic E-state index is 13.4. The summed E-state index contributed by atoms with van der Waals surface area (Å²) < 4.78 is 2.42. The lowest BCUT2D eigenvalue weighted by atomic mass is 10.2. The second-order valence-corrected chi connectivity index (χ2v) is 9.95. The number of halogens is 1. The highest BCUT2D eigenvalue weighted by molar-refractivity contribution is 9.10. The molecular formula is C23H26BrN3O2S. The van der Waals surface area contributed by atoms with E-state index < -0.39 is 0 Å². The molecular weight excluding hydrogens is 462 g/mol. The molecule has 30 heavy (non-hydrogen) atoms. The largest absolute Gasteiger partial charge is 0.337 e. The number of benzene rings is 2. The standard InChI is InChI=1S/C23H26BrN3O2S/c1-14(2)26(15(3)4)21(28)16(5)30-23-25-20-12-11-17(24)13-19(20)22(29)27(23)18-9-7-6-8-10-18/h6-16H,1-5H3/t16-/m1/s1. The van der Waals surface area contributed by atoms with Gasteiger partial charge in [-0.3, -0.25) is 14.2 Å². The molecule has 0 fully saturated rings. The van der Waals surface area contributed by atoms with Crippen LogP contribution in [-0.4, -0.2) is 37.7 Å². The fourth-order valence-electron chi connectivity index (χ4n) is 3.54. The Kier molecular flexibility index (Phi) is 7.03. The van der Waals surface area contributed by atoms with Crippen molar-refractivity contribution < 1.29 is 4.79 Å². The second-order valence-electron chi connectivity index (χ2n) is 7.73. The monoisotopic (exact) mass is 487 g/mol. The van der Waals surface area contributed by atoms with Crippen LogP contribution in [0.2, 0.25) is 0 Å². The Morgan fingerprint density at radius 1 is 1.03 bits per heavy atom. The third-order valence-corrected chi connectivity index (χ3v) is 6.34. The predicted molar refractivity (Wildman–Crippen MR) is 127 cm³/mol. The van der Waals surface area contributed by atoms with E-state index >= 15 is 0 Å². The number of hydrogen-bond donors (Lipinski definition) is 0. The van der Waals surface area contributed by atoms with Crippen molar-refractivity contribution in [2.45, 2.75) is 57.1 Å². The molecule has 2 aromatic carbocycles. The minimum atomic E-state index is -0.385. The zero-order valence-electron chi connectivity index (χ0n) is 17.8. The number of carbonyl (C=O) groups is 1. The maximum Gasteiger partial charge on any atom is 0.266 e. The van der Waals surface area contributed by atoms with E-state index in [1.165, 1.54) is 11.8 Å². The summed E-state index contributed by atoms with van der Waals surface area (Å²) in [5.41, 5.74) is 1.19. The van der Waals surface area contributed by atoms with Gasteiger partial charge in [-0.2, -0.15) is 0 Å². The van der Waals surface area contributed by atoms with E-state index in [1.807, 2.05) is 82.0 Å². The Labute approximate surface area is 189 Å². The molecule has 3 aromatic rings. The summed E-state index contributed by atoms with van der Waals surface area (Å²) in [6.45, 7) is 9.93. The van der Waals surface area contributed by atoms with E-state index in [9.17, 15) is 9.59 Å². The highest BCUT2D eigenvalue weighted by Gasteiger charge is 2.27. The fourth-order valence-corrected chi connectivity index (χ4v) is 4.89. The molecule has 1 heterocycles. The number of para-hydroxylation sites is 1. The normalized spacial score (nSPS) is 12.5. The van der Waals surface area contributed by atoms with E-state index in [-0.39, 0.29) is 28.8 Å². The molecule has 3 rings (SSSR count). The van der Waals surface area contributed by atoms with E-state index in [2.05, 4.69) is 15.9 Å². The van der Waals surface area contributed by atoms with Crippen molar-refractivity contribution in [2.24, 2.45) is 0 Å². The van der Waals surface area contributed by atoms with E-state index in [0.717, 1.165) is 10.2 Å². The molecule has 0 bridgehead atoms. The van der Waals surface area contributed by atoms with E-state index in [4.69, 9.17) is 4.98 Å². The zero-order chi connectivity index (χ0) is 22.0. The average Bonchev–Trinajstić information content (AvgIpc) is 2.69. The van der Waals surface area contributed by atoms with Crippen molar-refractivity contribution in [2.75, 3.05) is 0 Å². The number of hydrogen-bond acceptors (Lipinski definition) is 4. The summed E-state index contributed by atoms with van der Waals surface area (Å²) in [6, 6.07) is 15.1. The lowest BCUT2D eigenvalue weighted by Gasteiger charge is -2.33. The predicted octanol–water partition coefficient (Wildman–Crippen LogP) is 5.27. The van der Waals surface area contributed by atoms with Crippen LogP contribution in [0, 0.1) is 0 Å². The third kappa shape index (κ3) is 4.62. The Balaban J connectivity index is 2.12. The lowest BCUT2D eigenvalue weighted by molar-refractivity contribution is -0.133. The van der Waals surface area contributed by atoms with Crippen molar-refractivity contribution in [1.29, 1.82) is 0 Å². The van der Waals surface area contributed by atoms with Gasteiger partial charge >= 0.3 is 0 Å². The number of fused-ring (bicyclic) bond motifs is 1. The summed E-state index contributed by atoms with van der Waals surface area (Å²) in [5.74, 6) is 0.0368. The number of carbonyl (C=O) groups excluding carboxylic acids is 1. The smallest absolute Gasteiger partial charge is 0.266 e. The van der Waals surface area contributed by atoms with Gasteiger partial charge in [0.05, 0.1) is 21.8 Å². The van der Waals surface area contributed by atoms with Crippen LogP contribution in [-0.2, 0) is 4.79 Å². The molecule has 1 atom stereocenters. The minimum Gasteiger partial charge on any atom is -0.337 e. The molecule has 7 heteroatoms. The molecule has 0 aliphatic heterocycles. The van der Waals surface area contributed by atoms with Crippen LogP contribution in [0.25, 0.3) is 16.6 Å². The van der Waals surface area contributed by atoms with Gasteiger partial charge in [-0.1, -0.05) is 45.9 Å². The SMILES string of the molecule is CC(C)N(C(=O)[C@@H](C)Sc1nc2ccc(Br)cc2c(=O)n1-c1ccccc1)C(C)C. The first-order valence-electron chi connectivity index (χ1n) is 9.97. The summed E-state index contributed by atoms with van der Waals surface area (Å²) in [4.78, 5) is 33.2. The second kappa shape index (κ2) is 9.35. The number of amides is 1. The van der Waals surface area contributed by atoms with Crippen LogP contribution in [0.15, 0.2) is 63.0 Å². The Bertz CT molecular complexity index is 1100. The van der Waals surface area contributed by atoms with E-state index in [1.54, 1.807) is 10.6 Å². The minimum absolute atomic E-state index is 0.0368. The molecule has 0 saturated heterocycles. The van der Waals surface area contributed by atoms with Crippen molar-refractivity contribution in [3.63, 3.8) is 0 Å². The Morgan fingerprint density at radius 3 is 2.27 bits per heavy atom. The molecule has 0 aliphatic carbocycles. The van der Waals surface area contributed by atoms with E-state index in [0.29, 0.717) is 16.1 Å². The lowest BCUT2D eigenvalue weighted by Crippen LogP contribution is -2.45. The van der Waals surface area contributed by atoms with Crippen molar-refractivity contribution in [3.05, 3.63) is 63.4 Å². The quantitative estimate of drug-likeness (QED) is 0.350. The van der Waals surface area contributed by atoms with Crippen molar-refractivity contribution >= 4 is 44.5 Å². The average molecular weight is 488 g/mol. The molecule has 0 aliphatic rings. The molecule has 0 spiro atoms. The van der Waals surface area contributed by atoms with Crippen LogP contribution in [0.3, 0.4) is 0 Å². The zero-order valence-corrected chi connectivity index (χ0v) is 20.2. The highest BCUT2D eigenvalue weighted by atomic mass is 79.9. The highest BCUT2D eigenvalue weighted by Crippen LogP contribution is 2.27. The molecule has 1 amide bonds. The van der Waals surface area contributed by atoms with Gasteiger partial charge in [0.1, 0.15) is 0 Å². The third-order valence-electron chi connectivity index (χ3n) is 4.81. The maximum atomic E-state index is 13.4. The van der Waals surface area contributed by atoms with Crippen LogP contribution in [0.5, 0.6) is 0 Å². The molecule has 158 valence electrons. The topological polar surface area (TPSA) is 55.2 Å². The van der Waals surface area contributed by atoms with Gasteiger partial charge in [-0.15, -0.1) is 0 Å². The summed E-state index contributed by atoms with van der Waals surface area (Å²) in [6.07, 6.45) is 0. The van der Waals surface area contributed by atoms with Crippen LogP contribution in [0.1, 0.15) is 34.6 Å².